The van der Waals surface area contributed by atoms with E-state index >= 15 is 0 Å². The largest absolute Gasteiger partial charge is 0.478 e. The summed E-state index contributed by atoms with van der Waals surface area (Å²) in [6.07, 6.45) is 18.1. The fraction of sp³-hybridized carbons (Fsp3) is 0.750. The van der Waals surface area contributed by atoms with Crippen LogP contribution in [0, 0.1) is 5.92 Å². The second-order valence-corrected chi connectivity index (χ2v) is 8.55. The van der Waals surface area contributed by atoms with Gasteiger partial charge in [-0.3, -0.25) is 0 Å². The Morgan fingerprint density at radius 2 is 1.71 bits per heavy atom. The van der Waals surface area contributed by atoms with Crippen LogP contribution in [0.15, 0.2) is 24.3 Å². The van der Waals surface area contributed by atoms with Crippen LogP contribution in [0.3, 0.4) is 0 Å². The molecule has 0 aromatic rings. The smallest absolute Gasteiger partial charge is 0.334 e. The van der Waals surface area contributed by atoms with Crippen LogP contribution in [0.4, 0.5) is 0 Å². The maximum absolute atomic E-state index is 12.4. The van der Waals surface area contributed by atoms with Crippen molar-refractivity contribution in [3.05, 3.63) is 24.3 Å². The number of carboxylic acid groups (broad SMARTS) is 1. The lowest BCUT2D eigenvalue weighted by Gasteiger charge is -2.30. The van der Waals surface area contributed by atoms with Gasteiger partial charge in [-0.2, -0.15) is 0 Å². The molecule has 2 unspecified atom stereocenters. The van der Waals surface area contributed by atoms with E-state index in [-0.39, 0.29) is 18.0 Å². The van der Waals surface area contributed by atoms with Crippen molar-refractivity contribution in [1.29, 1.82) is 0 Å². The van der Waals surface area contributed by atoms with Crippen molar-refractivity contribution >= 4 is 11.9 Å². The van der Waals surface area contributed by atoms with Crippen molar-refractivity contribution in [3.63, 3.8) is 0 Å². The van der Waals surface area contributed by atoms with Gasteiger partial charge < -0.3 is 9.84 Å². The molecule has 1 aliphatic carbocycles. The Morgan fingerprint density at radius 3 is 2.25 bits per heavy atom. The number of hydrogen-bond acceptors (Lipinski definition) is 3. The number of carbonyl (C=O) groups excluding carboxylic acids is 1. The molecule has 0 bridgehead atoms. The van der Waals surface area contributed by atoms with Gasteiger partial charge in [-0.25, -0.2) is 9.59 Å². The van der Waals surface area contributed by atoms with E-state index in [1.54, 1.807) is 0 Å². The molecule has 4 nitrogen and oxygen atoms in total. The van der Waals surface area contributed by atoms with E-state index in [4.69, 9.17) is 9.84 Å². The Labute approximate surface area is 171 Å². The standard InChI is InChI=1S/C24H40O4/c1-4-5-6-7-8-9-10-11-12-17-24(18-16-20(2)19-24)28-23(27)21(3)14-13-15-22(25)26/h13,15,20H,3-12,14,16-19H2,1-2H3,(H,25,26). The van der Waals surface area contributed by atoms with Gasteiger partial charge in [-0.05, 0) is 44.4 Å². The lowest BCUT2D eigenvalue weighted by Crippen LogP contribution is -2.33. The molecule has 1 saturated carbocycles. The van der Waals surface area contributed by atoms with Crippen molar-refractivity contribution in [2.75, 3.05) is 0 Å². The third kappa shape index (κ3) is 10.1. The van der Waals surface area contributed by atoms with E-state index in [0.717, 1.165) is 38.2 Å². The first kappa shape index (κ1) is 24.5. The van der Waals surface area contributed by atoms with Crippen molar-refractivity contribution in [1.82, 2.24) is 0 Å². The van der Waals surface area contributed by atoms with Crippen LogP contribution >= 0.6 is 0 Å². The summed E-state index contributed by atoms with van der Waals surface area (Å²) in [7, 11) is 0. The van der Waals surface area contributed by atoms with Crippen LogP contribution in [-0.4, -0.2) is 22.6 Å². The Morgan fingerprint density at radius 1 is 1.11 bits per heavy atom. The lowest BCUT2D eigenvalue weighted by molar-refractivity contribution is -0.155. The van der Waals surface area contributed by atoms with Gasteiger partial charge in [0.05, 0.1) is 0 Å². The number of allylic oxidation sites excluding steroid dienone is 1. The maximum atomic E-state index is 12.4. The normalized spacial score (nSPS) is 21.9. The number of carboxylic acids is 1. The van der Waals surface area contributed by atoms with Gasteiger partial charge in [0.25, 0.3) is 0 Å². The second-order valence-electron chi connectivity index (χ2n) is 8.55. The van der Waals surface area contributed by atoms with E-state index in [2.05, 4.69) is 20.4 Å². The quantitative estimate of drug-likeness (QED) is 0.194. The second kappa shape index (κ2) is 13.6. The molecule has 0 aromatic heterocycles. The summed E-state index contributed by atoms with van der Waals surface area (Å²) in [6, 6.07) is 0. The van der Waals surface area contributed by atoms with Crippen molar-refractivity contribution < 1.29 is 19.4 Å². The molecule has 160 valence electrons. The molecular weight excluding hydrogens is 352 g/mol. The average molecular weight is 393 g/mol. The van der Waals surface area contributed by atoms with Crippen LogP contribution in [0.2, 0.25) is 0 Å². The molecule has 0 saturated heterocycles. The molecule has 1 fully saturated rings. The highest BCUT2D eigenvalue weighted by Gasteiger charge is 2.40. The summed E-state index contributed by atoms with van der Waals surface area (Å²) in [5, 5.41) is 8.64. The molecule has 0 heterocycles. The van der Waals surface area contributed by atoms with Crippen LogP contribution in [-0.2, 0) is 14.3 Å². The topological polar surface area (TPSA) is 63.6 Å². The van der Waals surface area contributed by atoms with Crippen LogP contribution < -0.4 is 0 Å². The van der Waals surface area contributed by atoms with Gasteiger partial charge in [0.2, 0.25) is 0 Å². The van der Waals surface area contributed by atoms with Crippen molar-refractivity contribution in [2.45, 2.75) is 109 Å². The van der Waals surface area contributed by atoms with Crippen LogP contribution in [0.5, 0.6) is 0 Å². The van der Waals surface area contributed by atoms with E-state index in [1.165, 1.54) is 57.4 Å². The number of aliphatic carboxylic acids is 1. The minimum Gasteiger partial charge on any atom is -0.478 e. The Hall–Kier alpha value is -1.58. The summed E-state index contributed by atoms with van der Waals surface area (Å²) in [4.78, 5) is 23.0. The summed E-state index contributed by atoms with van der Waals surface area (Å²) >= 11 is 0. The minimum absolute atomic E-state index is 0.217. The number of unbranched alkanes of at least 4 members (excludes halogenated alkanes) is 8. The molecule has 28 heavy (non-hydrogen) atoms. The zero-order chi connectivity index (χ0) is 20.8. The minimum atomic E-state index is -1.02. The first-order valence-corrected chi connectivity index (χ1v) is 11.2. The van der Waals surface area contributed by atoms with Crippen molar-refractivity contribution in [2.24, 2.45) is 5.92 Å². The zero-order valence-corrected chi connectivity index (χ0v) is 18.0. The predicted octanol–water partition coefficient (Wildman–Crippen LogP) is 6.60. The van der Waals surface area contributed by atoms with Gasteiger partial charge in [0, 0.05) is 11.6 Å². The molecule has 0 spiro atoms. The molecular formula is C24H40O4. The SMILES string of the molecule is C=C(CC=CC(=O)O)C(=O)OC1(CCCCCCCCCCC)CCC(C)C1. The summed E-state index contributed by atoms with van der Waals surface area (Å²) in [6.45, 7) is 8.24. The number of ether oxygens (including phenoxy) is 1. The third-order valence-electron chi connectivity index (χ3n) is 5.77. The third-order valence-corrected chi connectivity index (χ3v) is 5.77. The summed E-state index contributed by atoms with van der Waals surface area (Å²) < 4.78 is 5.94. The Bertz CT molecular complexity index is 523. The van der Waals surface area contributed by atoms with E-state index < -0.39 is 5.97 Å². The maximum Gasteiger partial charge on any atom is 0.334 e. The molecule has 1 N–H and O–H groups in total. The monoisotopic (exact) mass is 392 g/mol. The Balaban J connectivity index is 2.37. The predicted molar refractivity (Wildman–Crippen MR) is 114 cm³/mol. The van der Waals surface area contributed by atoms with Gasteiger partial charge in [-0.15, -0.1) is 0 Å². The Kier molecular flexibility index (Phi) is 11.9. The highest BCUT2D eigenvalue weighted by Crippen LogP contribution is 2.41. The number of esters is 1. The van der Waals surface area contributed by atoms with E-state index in [9.17, 15) is 9.59 Å². The van der Waals surface area contributed by atoms with Crippen LogP contribution in [0.1, 0.15) is 104 Å². The fourth-order valence-corrected chi connectivity index (χ4v) is 4.13. The van der Waals surface area contributed by atoms with Crippen molar-refractivity contribution in [3.8, 4) is 0 Å². The first-order chi connectivity index (χ1) is 13.4. The molecule has 1 rings (SSSR count). The van der Waals surface area contributed by atoms with Crippen LogP contribution in [0.25, 0.3) is 0 Å². The average Bonchev–Trinajstić information content (AvgIpc) is 3.00. The van der Waals surface area contributed by atoms with Gasteiger partial charge >= 0.3 is 11.9 Å². The van der Waals surface area contributed by atoms with Gasteiger partial charge in [0.15, 0.2) is 0 Å². The molecule has 0 aliphatic heterocycles. The summed E-state index contributed by atoms with van der Waals surface area (Å²) in [5.74, 6) is -0.820. The van der Waals surface area contributed by atoms with Gasteiger partial charge in [-0.1, -0.05) is 77.9 Å². The fourth-order valence-electron chi connectivity index (χ4n) is 4.13. The molecule has 0 amide bonds. The number of carbonyl (C=O) groups is 2. The molecule has 0 radical (unpaired) electrons. The number of hydrogen-bond donors (Lipinski definition) is 1. The number of rotatable bonds is 15. The highest BCUT2D eigenvalue weighted by atomic mass is 16.6. The summed E-state index contributed by atoms with van der Waals surface area (Å²) in [5.41, 5.74) is -0.0274. The zero-order valence-electron chi connectivity index (χ0n) is 18.0. The molecule has 2 atom stereocenters. The highest BCUT2D eigenvalue weighted by molar-refractivity contribution is 5.88. The molecule has 4 heteroatoms. The van der Waals surface area contributed by atoms with E-state index in [0.29, 0.717) is 11.5 Å². The molecule has 1 aliphatic rings. The van der Waals surface area contributed by atoms with Gasteiger partial charge in [0.1, 0.15) is 5.60 Å². The lowest BCUT2D eigenvalue weighted by atomic mass is 9.92. The molecule has 0 aromatic carbocycles. The first-order valence-electron chi connectivity index (χ1n) is 11.2. The van der Waals surface area contributed by atoms with E-state index in [1.807, 2.05) is 0 Å².